The lowest BCUT2D eigenvalue weighted by molar-refractivity contribution is 0.0747. The summed E-state index contributed by atoms with van der Waals surface area (Å²) >= 11 is 0. The molecule has 6 heteroatoms. The van der Waals surface area contributed by atoms with E-state index in [1.165, 1.54) is 11.0 Å². The molecule has 0 bridgehead atoms. The minimum absolute atomic E-state index is 0.0103. The summed E-state index contributed by atoms with van der Waals surface area (Å²) in [4.78, 5) is 13.6. The van der Waals surface area contributed by atoms with E-state index in [-0.39, 0.29) is 29.0 Å². The molecule has 2 rings (SSSR count). The Morgan fingerprint density at radius 2 is 2.11 bits per heavy atom. The van der Waals surface area contributed by atoms with E-state index in [0.717, 1.165) is 0 Å². The van der Waals surface area contributed by atoms with Crippen molar-refractivity contribution in [2.45, 2.75) is 19.4 Å². The summed E-state index contributed by atoms with van der Waals surface area (Å²) < 4.78 is 36.2. The van der Waals surface area contributed by atoms with Crippen LogP contribution < -0.4 is 0 Å². The Hall–Kier alpha value is -1.43. The van der Waals surface area contributed by atoms with Gasteiger partial charge in [0.15, 0.2) is 9.84 Å². The Morgan fingerprint density at radius 1 is 1.42 bits per heavy atom. The number of nitrogens with zero attached hydrogens (tertiary/aromatic N) is 1. The summed E-state index contributed by atoms with van der Waals surface area (Å²) in [6.07, 6.45) is 0.443. The summed E-state index contributed by atoms with van der Waals surface area (Å²) in [5, 5.41) is 0. The van der Waals surface area contributed by atoms with Gasteiger partial charge >= 0.3 is 0 Å². The van der Waals surface area contributed by atoms with Crippen molar-refractivity contribution in [1.82, 2.24) is 4.90 Å². The van der Waals surface area contributed by atoms with Crippen molar-refractivity contribution in [3.05, 3.63) is 35.1 Å². The minimum atomic E-state index is -3.04. The van der Waals surface area contributed by atoms with E-state index in [0.29, 0.717) is 12.0 Å². The number of carbonyl (C=O) groups is 1. The highest BCUT2D eigenvalue weighted by Crippen LogP contribution is 2.19. The predicted molar refractivity (Wildman–Crippen MR) is 70.3 cm³/mol. The minimum Gasteiger partial charge on any atom is -0.338 e. The number of rotatable bonds is 2. The lowest BCUT2D eigenvalue weighted by Crippen LogP contribution is -2.37. The average Bonchev–Trinajstić information content (AvgIpc) is 2.71. The van der Waals surface area contributed by atoms with Gasteiger partial charge < -0.3 is 4.90 Å². The molecule has 0 spiro atoms. The highest BCUT2D eigenvalue weighted by molar-refractivity contribution is 7.91. The zero-order valence-corrected chi connectivity index (χ0v) is 11.7. The summed E-state index contributed by atoms with van der Waals surface area (Å²) in [6.45, 7) is 1.62. The van der Waals surface area contributed by atoms with Gasteiger partial charge in [-0.25, -0.2) is 12.8 Å². The molecule has 1 aliphatic rings. The average molecular weight is 285 g/mol. The number of benzene rings is 1. The smallest absolute Gasteiger partial charge is 0.253 e. The SMILES string of the molecule is Cc1ccc(C(=O)N(C)[C@@H]2CCS(=O)(=O)C2)cc1F. The van der Waals surface area contributed by atoms with Crippen molar-refractivity contribution in [2.24, 2.45) is 0 Å². The number of halogens is 1. The molecule has 0 N–H and O–H groups in total. The number of amides is 1. The van der Waals surface area contributed by atoms with E-state index in [9.17, 15) is 17.6 Å². The molecular weight excluding hydrogens is 269 g/mol. The number of hydrogen-bond acceptors (Lipinski definition) is 3. The molecule has 0 saturated carbocycles. The van der Waals surface area contributed by atoms with Gasteiger partial charge in [-0.1, -0.05) is 6.07 Å². The summed E-state index contributed by atoms with van der Waals surface area (Å²) in [6, 6.07) is 3.97. The Bertz CT molecular complexity index is 612. The van der Waals surface area contributed by atoms with Crippen LogP contribution in [0, 0.1) is 12.7 Å². The van der Waals surface area contributed by atoms with Crippen molar-refractivity contribution >= 4 is 15.7 Å². The standard InChI is InChI=1S/C13H16FNO3S/c1-9-3-4-10(7-12(9)14)13(16)15(2)11-5-6-19(17,18)8-11/h3-4,7,11H,5-6,8H2,1-2H3/t11-/m1/s1. The molecule has 104 valence electrons. The van der Waals surface area contributed by atoms with Crippen LogP contribution in [0.25, 0.3) is 0 Å². The zero-order valence-electron chi connectivity index (χ0n) is 10.9. The fourth-order valence-corrected chi connectivity index (χ4v) is 3.95. The first-order chi connectivity index (χ1) is 8.80. The monoisotopic (exact) mass is 285 g/mol. The van der Waals surface area contributed by atoms with Crippen molar-refractivity contribution in [3.8, 4) is 0 Å². The highest BCUT2D eigenvalue weighted by atomic mass is 32.2. The molecule has 1 aliphatic heterocycles. The first-order valence-corrected chi connectivity index (χ1v) is 7.86. The first kappa shape index (κ1) is 14.0. The molecular formula is C13H16FNO3S. The van der Waals surface area contributed by atoms with Gasteiger partial charge in [-0.3, -0.25) is 4.79 Å². The molecule has 1 saturated heterocycles. The molecule has 0 aliphatic carbocycles. The van der Waals surface area contributed by atoms with Gasteiger partial charge in [0.25, 0.3) is 5.91 Å². The molecule has 1 aromatic rings. The molecule has 0 radical (unpaired) electrons. The van der Waals surface area contributed by atoms with Gasteiger partial charge in [-0.15, -0.1) is 0 Å². The van der Waals surface area contributed by atoms with Gasteiger partial charge in [-0.05, 0) is 31.0 Å². The molecule has 1 heterocycles. The van der Waals surface area contributed by atoms with Crippen LogP contribution in [0.3, 0.4) is 0 Å². The van der Waals surface area contributed by atoms with Gasteiger partial charge in [0, 0.05) is 18.7 Å². The van der Waals surface area contributed by atoms with Crippen LogP contribution >= 0.6 is 0 Å². The number of sulfone groups is 1. The van der Waals surface area contributed by atoms with Crippen molar-refractivity contribution in [2.75, 3.05) is 18.6 Å². The molecule has 1 atom stereocenters. The van der Waals surface area contributed by atoms with E-state index in [2.05, 4.69) is 0 Å². The molecule has 19 heavy (non-hydrogen) atoms. The van der Waals surface area contributed by atoms with E-state index in [1.807, 2.05) is 0 Å². The number of aryl methyl sites for hydroxylation is 1. The second-order valence-electron chi connectivity index (χ2n) is 4.94. The van der Waals surface area contributed by atoms with E-state index in [1.54, 1.807) is 26.1 Å². The predicted octanol–water partition coefficient (Wildman–Crippen LogP) is 1.39. The normalized spacial score (nSPS) is 21.3. The Balaban J connectivity index is 2.17. The van der Waals surface area contributed by atoms with Crippen LogP contribution in [0.4, 0.5) is 4.39 Å². The summed E-state index contributed by atoms with van der Waals surface area (Å²) in [5.74, 6) is -0.680. The van der Waals surface area contributed by atoms with Crippen LogP contribution in [-0.4, -0.2) is 43.8 Å². The fourth-order valence-electron chi connectivity index (χ4n) is 2.18. The van der Waals surface area contributed by atoms with E-state index in [4.69, 9.17) is 0 Å². The van der Waals surface area contributed by atoms with Crippen LogP contribution in [0.1, 0.15) is 22.3 Å². The fraction of sp³-hybridized carbons (Fsp3) is 0.462. The Labute approximate surface area is 112 Å². The van der Waals surface area contributed by atoms with Gasteiger partial charge in [0.05, 0.1) is 11.5 Å². The number of hydrogen-bond donors (Lipinski definition) is 0. The Morgan fingerprint density at radius 3 is 2.63 bits per heavy atom. The van der Waals surface area contributed by atoms with Crippen molar-refractivity contribution in [1.29, 1.82) is 0 Å². The maximum atomic E-state index is 13.4. The number of carbonyl (C=O) groups excluding carboxylic acids is 1. The third kappa shape index (κ3) is 2.94. The topological polar surface area (TPSA) is 54.5 Å². The van der Waals surface area contributed by atoms with Gasteiger partial charge in [0.2, 0.25) is 0 Å². The second kappa shape index (κ2) is 4.92. The molecule has 1 aromatic carbocycles. The van der Waals surface area contributed by atoms with Gasteiger partial charge in [-0.2, -0.15) is 0 Å². The van der Waals surface area contributed by atoms with Crippen LogP contribution in [0.2, 0.25) is 0 Å². The van der Waals surface area contributed by atoms with E-state index >= 15 is 0 Å². The molecule has 0 unspecified atom stereocenters. The van der Waals surface area contributed by atoms with Crippen LogP contribution in [-0.2, 0) is 9.84 Å². The lowest BCUT2D eigenvalue weighted by atomic mass is 10.1. The van der Waals surface area contributed by atoms with Crippen molar-refractivity contribution < 1.29 is 17.6 Å². The molecule has 1 fully saturated rings. The molecule has 4 nitrogen and oxygen atoms in total. The van der Waals surface area contributed by atoms with E-state index < -0.39 is 15.7 Å². The molecule has 1 amide bonds. The molecule has 0 aromatic heterocycles. The van der Waals surface area contributed by atoms with Crippen LogP contribution in [0.15, 0.2) is 18.2 Å². The maximum absolute atomic E-state index is 13.4. The lowest BCUT2D eigenvalue weighted by Gasteiger charge is -2.23. The largest absolute Gasteiger partial charge is 0.338 e. The summed E-state index contributed by atoms with van der Waals surface area (Å²) in [7, 11) is -1.48. The van der Waals surface area contributed by atoms with Crippen molar-refractivity contribution in [3.63, 3.8) is 0 Å². The summed E-state index contributed by atoms with van der Waals surface area (Å²) in [5.41, 5.74) is 0.720. The highest BCUT2D eigenvalue weighted by Gasteiger charge is 2.33. The van der Waals surface area contributed by atoms with Crippen LogP contribution in [0.5, 0.6) is 0 Å². The quantitative estimate of drug-likeness (QED) is 0.825. The zero-order chi connectivity index (χ0) is 14.2. The second-order valence-corrected chi connectivity index (χ2v) is 7.17. The Kier molecular flexibility index (Phi) is 3.62. The van der Waals surface area contributed by atoms with Gasteiger partial charge in [0.1, 0.15) is 5.82 Å². The third-order valence-electron chi connectivity index (χ3n) is 3.50. The third-order valence-corrected chi connectivity index (χ3v) is 5.25. The maximum Gasteiger partial charge on any atom is 0.253 e. The first-order valence-electron chi connectivity index (χ1n) is 6.04.